The molecule has 1 unspecified atom stereocenters. The van der Waals surface area contributed by atoms with E-state index in [1.165, 1.54) is 18.2 Å². The summed E-state index contributed by atoms with van der Waals surface area (Å²) in [4.78, 5) is 18.3. The number of aliphatic hydroxyl groups excluding tert-OH is 1. The van der Waals surface area contributed by atoms with Crippen molar-refractivity contribution < 1.29 is 28.1 Å². The lowest BCUT2D eigenvalue weighted by Gasteiger charge is -2.34. The van der Waals surface area contributed by atoms with Crippen LogP contribution < -0.4 is 9.64 Å². The summed E-state index contributed by atoms with van der Waals surface area (Å²) >= 11 is 0. The Balaban J connectivity index is 1.40. The number of anilines is 1. The van der Waals surface area contributed by atoms with Gasteiger partial charge in [-0.25, -0.2) is 18.2 Å². The SMILES string of the molecule is CCc1c(F)ccc2cc(O)cc(-c3nc(C)c4c(N5CCCC(CO)C5)nc(OC[C@@]56CCCN5C[C@H](F)C6)nc4c3F)c12. The number of rotatable bonds is 7. The van der Waals surface area contributed by atoms with Crippen LogP contribution in [0, 0.1) is 24.5 Å². The van der Waals surface area contributed by atoms with Crippen LogP contribution in [0.15, 0.2) is 24.3 Å². The second-order valence-electron chi connectivity index (χ2n) is 12.9. The van der Waals surface area contributed by atoms with Gasteiger partial charge < -0.3 is 19.8 Å². The molecule has 238 valence electrons. The van der Waals surface area contributed by atoms with E-state index in [0.29, 0.717) is 65.7 Å². The summed E-state index contributed by atoms with van der Waals surface area (Å²) in [5.41, 5.74) is 0.650. The maximum absolute atomic E-state index is 16.9. The molecule has 0 amide bonds. The second kappa shape index (κ2) is 11.6. The largest absolute Gasteiger partial charge is 0.508 e. The summed E-state index contributed by atoms with van der Waals surface area (Å²) in [7, 11) is 0. The summed E-state index contributed by atoms with van der Waals surface area (Å²) in [6, 6.07) is 5.84. The number of phenolic OH excluding ortho intramolecular Hbond substituents is 1. The molecule has 0 aliphatic carbocycles. The van der Waals surface area contributed by atoms with Gasteiger partial charge in [-0.05, 0) is 86.0 Å². The highest BCUT2D eigenvalue weighted by molar-refractivity contribution is 6.02. The van der Waals surface area contributed by atoms with E-state index in [9.17, 15) is 19.0 Å². The molecule has 3 aliphatic rings. The molecule has 2 aromatic heterocycles. The maximum atomic E-state index is 16.9. The molecule has 2 aromatic carbocycles. The molecule has 3 fully saturated rings. The minimum atomic E-state index is -0.922. The first-order valence-corrected chi connectivity index (χ1v) is 15.9. The molecule has 5 heterocycles. The Morgan fingerprint density at radius 1 is 1.07 bits per heavy atom. The van der Waals surface area contributed by atoms with Gasteiger partial charge in [-0.2, -0.15) is 9.97 Å². The summed E-state index contributed by atoms with van der Waals surface area (Å²) in [6.45, 7) is 6.18. The predicted molar refractivity (Wildman–Crippen MR) is 167 cm³/mol. The fourth-order valence-corrected chi connectivity index (χ4v) is 7.86. The number of hydrogen-bond acceptors (Lipinski definition) is 8. The number of aromatic nitrogens is 3. The van der Waals surface area contributed by atoms with Crippen molar-refractivity contribution in [3.63, 3.8) is 0 Å². The quantitative estimate of drug-likeness (QED) is 0.265. The highest BCUT2D eigenvalue weighted by Gasteiger charge is 2.49. The van der Waals surface area contributed by atoms with E-state index in [2.05, 4.69) is 9.88 Å². The van der Waals surface area contributed by atoms with E-state index in [4.69, 9.17) is 14.7 Å². The van der Waals surface area contributed by atoms with E-state index < -0.39 is 23.3 Å². The Morgan fingerprint density at radius 3 is 2.71 bits per heavy atom. The number of alkyl halides is 1. The van der Waals surface area contributed by atoms with Crippen LogP contribution >= 0.6 is 0 Å². The van der Waals surface area contributed by atoms with Gasteiger partial charge in [0.25, 0.3) is 0 Å². The van der Waals surface area contributed by atoms with Crippen molar-refractivity contribution in [2.75, 3.05) is 44.3 Å². The van der Waals surface area contributed by atoms with Gasteiger partial charge in [-0.3, -0.25) is 4.90 Å². The Hall–Kier alpha value is -3.70. The molecule has 3 aliphatic heterocycles. The number of phenols is 1. The fourth-order valence-electron chi connectivity index (χ4n) is 7.86. The second-order valence-corrected chi connectivity index (χ2v) is 12.9. The Morgan fingerprint density at radius 2 is 1.91 bits per heavy atom. The number of aliphatic hydroxyl groups is 1. The van der Waals surface area contributed by atoms with Crippen LogP contribution in [0.5, 0.6) is 11.8 Å². The molecule has 11 heteroatoms. The lowest BCUT2D eigenvalue weighted by Crippen LogP contribution is -2.43. The van der Waals surface area contributed by atoms with E-state index in [1.807, 2.05) is 11.8 Å². The average Bonchev–Trinajstić information content (AvgIpc) is 3.56. The molecule has 3 atom stereocenters. The molecule has 4 aromatic rings. The van der Waals surface area contributed by atoms with Crippen molar-refractivity contribution in [3.05, 3.63) is 47.2 Å². The van der Waals surface area contributed by atoms with E-state index >= 15 is 4.39 Å². The van der Waals surface area contributed by atoms with Crippen LogP contribution in [0.1, 0.15) is 50.3 Å². The molecule has 8 nitrogen and oxygen atoms in total. The molecule has 45 heavy (non-hydrogen) atoms. The van der Waals surface area contributed by atoms with E-state index in [0.717, 1.165) is 32.2 Å². The van der Waals surface area contributed by atoms with Crippen LogP contribution in [-0.2, 0) is 6.42 Å². The lowest BCUT2D eigenvalue weighted by molar-refractivity contribution is 0.107. The first kappa shape index (κ1) is 30.0. The first-order chi connectivity index (χ1) is 21.7. The van der Waals surface area contributed by atoms with Crippen LogP contribution in [-0.4, -0.2) is 81.2 Å². The van der Waals surface area contributed by atoms with Crippen molar-refractivity contribution >= 4 is 27.5 Å². The molecule has 3 saturated heterocycles. The molecular weight excluding hydrogens is 583 g/mol. The number of piperidine rings is 1. The van der Waals surface area contributed by atoms with Crippen molar-refractivity contribution in [1.29, 1.82) is 0 Å². The molecule has 0 bridgehead atoms. The van der Waals surface area contributed by atoms with Crippen molar-refractivity contribution in [3.8, 4) is 23.0 Å². The highest BCUT2D eigenvalue weighted by atomic mass is 19.1. The monoisotopic (exact) mass is 621 g/mol. The van der Waals surface area contributed by atoms with Crippen molar-refractivity contribution in [1.82, 2.24) is 19.9 Å². The summed E-state index contributed by atoms with van der Waals surface area (Å²) in [6.07, 6.45) is 3.28. The highest BCUT2D eigenvalue weighted by Crippen LogP contribution is 2.42. The number of ether oxygens (including phenoxy) is 1. The van der Waals surface area contributed by atoms with Crippen molar-refractivity contribution in [2.45, 2.75) is 64.1 Å². The number of aromatic hydroxyl groups is 1. The summed E-state index contributed by atoms with van der Waals surface area (Å²) < 4.78 is 52.6. The lowest BCUT2D eigenvalue weighted by atomic mass is 9.94. The van der Waals surface area contributed by atoms with Gasteiger partial charge in [0.2, 0.25) is 0 Å². The summed E-state index contributed by atoms with van der Waals surface area (Å²) in [5, 5.41) is 22.0. The number of nitrogens with zero attached hydrogens (tertiary/aromatic N) is 5. The molecule has 0 radical (unpaired) electrons. The fraction of sp³-hybridized carbons (Fsp3) is 0.500. The smallest absolute Gasteiger partial charge is 0.319 e. The number of halogens is 3. The first-order valence-electron chi connectivity index (χ1n) is 15.9. The van der Waals surface area contributed by atoms with Crippen LogP contribution in [0.2, 0.25) is 0 Å². The Kier molecular flexibility index (Phi) is 7.72. The Labute approximate surface area is 259 Å². The van der Waals surface area contributed by atoms with Gasteiger partial charge in [0.15, 0.2) is 5.82 Å². The number of fused-ring (bicyclic) bond motifs is 3. The van der Waals surface area contributed by atoms with E-state index in [-0.39, 0.29) is 47.7 Å². The minimum absolute atomic E-state index is 0.00475. The number of aryl methyl sites for hydroxylation is 2. The van der Waals surface area contributed by atoms with Gasteiger partial charge in [0, 0.05) is 38.2 Å². The zero-order valence-corrected chi connectivity index (χ0v) is 25.6. The van der Waals surface area contributed by atoms with Gasteiger partial charge in [0.05, 0.1) is 16.6 Å². The van der Waals surface area contributed by atoms with Crippen LogP contribution in [0.4, 0.5) is 19.0 Å². The minimum Gasteiger partial charge on any atom is -0.508 e. The van der Waals surface area contributed by atoms with Gasteiger partial charge >= 0.3 is 6.01 Å². The molecule has 7 rings (SSSR count). The van der Waals surface area contributed by atoms with E-state index in [1.54, 1.807) is 13.0 Å². The number of benzene rings is 2. The van der Waals surface area contributed by atoms with Gasteiger partial charge in [-0.15, -0.1) is 0 Å². The van der Waals surface area contributed by atoms with Crippen LogP contribution in [0.3, 0.4) is 0 Å². The van der Waals surface area contributed by atoms with Gasteiger partial charge in [0.1, 0.15) is 41.4 Å². The zero-order chi connectivity index (χ0) is 31.5. The number of hydrogen-bond donors (Lipinski definition) is 2. The predicted octanol–water partition coefficient (Wildman–Crippen LogP) is 5.86. The Bertz CT molecular complexity index is 1790. The number of pyridine rings is 1. The summed E-state index contributed by atoms with van der Waals surface area (Å²) in [5.74, 6) is -0.730. The third-order valence-corrected chi connectivity index (χ3v) is 10.00. The molecular formula is C34H38F3N5O3. The molecule has 0 spiro atoms. The van der Waals surface area contributed by atoms with Gasteiger partial charge in [-0.1, -0.05) is 13.0 Å². The average molecular weight is 622 g/mol. The van der Waals surface area contributed by atoms with Crippen molar-refractivity contribution in [2.24, 2.45) is 5.92 Å². The van der Waals surface area contributed by atoms with Crippen LogP contribution in [0.25, 0.3) is 32.9 Å². The topological polar surface area (TPSA) is 94.8 Å². The maximum Gasteiger partial charge on any atom is 0.319 e. The molecule has 2 N–H and O–H groups in total. The standard InChI is InChI=1S/C34H38F3N5O3/c1-3-24-26(36)8-7-21-12-23(44)13-25(28(21)24)30-29(37)31-27(19(2)38-30)32(41-10-4-6-20(15-41)17-43)40-33(39-31)45-18-34-9-5-11-42(34)16-22(35)14-34/h7-8,12-13,20,22,43-44H,3-6,9-11,14-18H2,1-2H3/t20?,22-,34+/m1/s1. The third kappa shape index (κ3) is 5.13. The third-order valence-electron chi connectivity index (χ3n) is 10.00. The zero-order valence-electron chi connectivity index (χ0n) is 25.6. The normalized spacial score (nSPS) is 23.7. The molecule has 0 saturated carbocycles.